The number of nitrogens with zero attached hydrogens (tertiary/aromatic N) is 1. The molecule has 2 rings (SSSR count). The van der Waals surface area contributed by atoms with Crippen LogP contribution in [0.2, 0.25) is 0 Å². The van der Waals surface area contributed by atoms with E-state index in [1.807, 2.05) is 0 Å². The number of rotatable bonds is 5. The van der Waals surface area contributed by atoms with Crippen LogP contribution >= 0.6 is 11.3 Å². The van der Waals surface area contributed by atoms with Gasteiger partial charge in [0.1, 0.15) is 0 Å². The van der Waals surface area contributed by atoms with Crippen LogP contribution in [0.25, 0.3) is 0 Å². The first-order valence-corrected chi connectivity index (χ1v) is 7.66. The molecule has 1 aromatic heterocycles. The fraction of sp³-hybridized carbons (Fsp3) is 0.714. The first kappa shape index (κ1) is 13.1. The van der Waals surface area contributed by atoms with Gasteiger partial charge in [0.05, 0.1) is 0 Å². The van der Waals surface area contributed by atoms with E-state index in [-0.39, 0.29) is 0 Å². The minimum absolute atomic E-state index is 0.738. The van der Waals surface area contributed by atoms with Gasteiger partial charge >= 0.3 is 0 Å². The third kappa shape index (κ3) is 4.09. The van der Waals surface area contributed by atoms with Gasteiger partial charge in [0.15, 0.2) is 0 Å². The first-order chi connectivity index (χ1) is 8.25. The van der Waals surface area contributed by atoms with E-state index in [1.165, 1.54) is 38.0 Å². The molecule has 0 amide bonds. The summed E-state index contributed by atoms with van der Waals surface area (Å²) in [7, 11) is 0. The van der Waals surface area contributed by atoms with Gasteiger partial charge in [-0.25, -0.2) is 0 Å². The van der Waals surface area contributed by atoms with Gasteiger partial charge in [-0.2, -0.15) is 11.3 Å². The van der Waals surface area contributed by atoms with Gasteiger partial charge in [0.2, 0.25) is 0 Å². The third-order valence-corrected chi connectivity index (χ3v) is 4.22. The summed E-state index contributed by atoms with van der Waals surface area (Å²) < 4.78 is 0. The Balaban J connectivity index is 1.83. The van der Waals surface area contributed by atoms with Crippen molar-refractivity contribution in [3.05, 3.63) is 22.4 Å². The third-order valence-electron chi connectivity index (χ3n) is 3.48. The minimum atomic E-state index is 0.738. The number of thiophene rings is 1. The summed E-state index contributed by atoms with van der Waals surface area (Å²) >= 11 is 1.81. The highest BCUT2D eigenvalue weighted by Gasteiger charge is 2.22. The van der Waals surface area contributed by atoms with E-state index in [4.69, 9.17) is 0 Å². The predicted octanol–water partition coefficient (Wildman–Crippen LogP) is 2.61. The number of hydrogen-bond donors (Lipinski definition) is 1. The molecule has 2 nitrogen and oxygen atoms in total. The Morgan fingerprint density at radius 1 is 1.53 bits per heavy atom. The van der Waals surface area contributed by atoms with E-state index >= 15 is 0 Å². The Bertz CT molecular complexity index is 308. The molecule has 1 atom stereocenters. The topological polar surface area (TPSA) is 15.3 Å². The summed E-state index contributed by atoms with van der Waals surface area (Å²) in [6.07, 6.45) is 2.52. The average molecular weight is 252 g/mol. The van der Waals surface area contributed by atoms with E-state index in [0.717, 1.165) is 18.5 Å². The molecule has 0 radical (unpaired) electrons. The molecule has 1 saturated heterocycles. The lowest BCUT2D eigenvalue weighted by Crippen LogP contribution is -2.52. The van der Waals surface area contributed by atoms with Crippen molar-refractivity contribution in [2.24, 2.45) is 5.92 Å². The highest BCUT2D eigenvalue weighted by Crippen LogP contribution is 2.15. The molecule has 0 aliphatic carbocycles. The molecule has 1 aliphatic rings. The van der Waals surface area contributed by atoms with Crippen molar-refractivity contribution in [2.75, 3.05) is 26.2 Å². The molecule has 1 fully saturated rings. The molecule has 1 aliphatic heterocycles. The van der Waals surface area contributed by atoms with Crippen LogP contribution in [-0.4, -0.2) is 37.1 Å². The zero-order valence-corrected chi connectivity index (χ0v) is 11.8. The molecule has 2 heterocycles. The van der Waals surface area contributed by atoms with Gasteiger partial charge < -0.3 is 5.32 Å². The van der Waals surface area contributed by atoms with Gasteiger partial charge in [-0.1, -0.05) is 13.8 Å². The second-order valence-corrected chi connectivity index (χ2v) is 6.19. The summed E-state index contributed by atoms with van der Waals surface area (Å²) in [4.78, 5) is 2.67. The normalized spacial score (nSPS) is 22.2. The molecule has 0 bridgehead atoms. The van der Waals surface area contributed by atoms with Gasteiger partial charge in [-0.05, 0) is 41.1 Å². The summed E-state index contributed by atoms with van der Waals surface area (Å²) in [6.45, 7) is 9.40. The van der Waals surface area contributed by atoms with E-state index in [0.29, 0.717) is 0 Å². The quantitative estimate of drug-likeness (QED) is 0.866. The van der Waals surface area contributed by atoms with E-state index in [9.17, 15) is 0 Å². The molecule has 0 spiro atoms. The van der Waals surface area contributed by atoms with E-state index in [2.05, 4.69) is 40.9 Å². The van der Waals surface area contributed by atoms with Crippen molar-refractivity contribution in [1.29, 1.82) is 0 Å². The van der Waals surface area contributed by atoms with Crippen molar-refractivity contribution in [1.82, 2.24) is 10.2 Å². The maximum atomic E-state index is 3.52. The van der Waals surface area contributed by atoms with Crippen LogP contribution in [0.1, 0.15) is 25.8 Å². The Hall–Kier alpha value is -0.380. The molecular formula is C14H24N2S. The SMILES string of the molecule is CC(C)CC1CNCCN1CCc1ccsc1. The van der Waals surface area contributed by atoms with Gasteiger partial charge in [-0.15, -0.1) is 0 Å². The smallest absolute Gasteiger partial charge is 0.0223 e. The summed E-state index contributed by atoms with van der Waals surface area (Å²) in [5.41, 5.74) is 1.50. The summed E-state index contributed by atoms with van der Waals surface area (Å²) in [6, 6.07) is 2.99. The minimum Gasteiger partial charge on any atom is -0.314 e. The van der Waals surface area contributed by atoms with Gasteiger partial charge in [0, 0.05) is 32.2 Å². The molecule has 17 heavy (non-hydrogen) atoms. The Labute approximate surface area is 109 Å². The molecule has 1 N–H and O–H groups in total. The van der Waals surface area contributed by atoms with Gasteiger partial charge in [-0.3, -0.25) is 4.90 Å². The zero-order valence-electron chi connectivity index (χ0n) is 11.0. The second-order valence-electron chi connectivity index (χ2n) is 5.41. The van der Waals surface area contributed by atoms with Crippen molar-refractivity contribution in [3.8, 4) is 0 Å². The predicted molar refractivity (Wildman–Crippen MR) is 75.7 cm³/mol. The van der Waals surface area contributed by atoms with Crippen LogP contribution in [0.4, 0.5) is 0 Å². The van der Waals surface area contributed by atoms with Crippen molar-refractivity contribution in [2.45, 2.75) is 32.7 Å². The first-order valence-electron chi connectivity index (χ1n) is 6.71. The van der Waals surface area contributed by atoms with Gasteiger partial charge in [0.25, 0.3) is 0 Å². The van der Waals surface area contributed by atoms with Crippen LogP contribution in [-0.2, 0) is 6.42 Å². The lowest BCUT2D eigenvalue weighted by molar-refractivity contribution is 0.143. The fourth-order valence-corrected chi connectivity index (χ4v) is 3.28. The standard InChI is InChI=1S/C14H24N2S/c1-12(2)9-14-10-15-5-7-16(14)6-3-13-4-8-17-11-13/h4,8,11-12,14-15H,3,5-7,9-10H2,1-2H3. The molecular weight excluding hydrogens is 228 g/mol. The molecule has 0 aromatic carbocycles. The van der Waals surface area contributed by atoms with E-state index in [1.54, 1.807) is 11.3 Å². The highest BCUT2D eigenvalue weighted by molar-refractivity contribution is 7.07. The van der Waals surface area contributed by atoms with Crippen LogP contribution in [0, 0.1) is 5.92 Å². The van der Waals surface area contributed by atoms with Crippen molar-refractivity contribution in [3.63, 3.8) is 0 Å². The molecule has 1 aromatic rings. The molecule has 0 saturated carbocycles. The number of hydrogen-bond acceptors (Lipinski definition) is 3. The molecule has 1 unspecified atom stereocenters. The van der Waals surface area contributed by atoms with Crippen LogP contribution < -0.4 is 5.32 Å². The Morgan fingerprint density at radius 3 is 3.12 bits per heavy atom. The lowest BCUT2D eigenvalue weighted by Gasteiger charge is -2.37. The fourth-order valence-electron chi connectivity index (χ4n) is 2.58. The average Bonchev–Trinajstić information content (AvgIpc) is 2.80. The summed E-state index contributed by atoms with van der Waals surface area (Å²) in [5, 5.41) is 7.98. The lowest BCUT2D eigenvalue weighted by atomic mass is 10.0. The Kier molecular flexibility index (Phi) is 5.01. The van der Waals surface area contributed by atoms with Crippen LogP contribution in [0.15, 0.2) is 16.8 Å². The maximum absolute atomic E-state index is 3.52. The second kappa shape index (κ2) is 6.53. The van der Waals surface area contributed by atoms with Crippen LogP contribution in [0.3, 0.4) is 0 Å². The zero-order chi connectivity index (χ0) is 12.1. The molecule has 3 heteroatoms. The monoisotopic (exact) mass is 252 g/mol. The summed E-state index contributed by atoms with van der Waals surface area (Å²) in [5.74, 6) is 0.795. The number of piperazine rings is 1. The van der Waals surface area contributed by atoms with E-state index < -0.39 is 0 Å². The van der Waals surface area contributed by atoms with Crippen molar-refractivity contribution < 1.29 is 0 Å². The van der Waals surface area contributed by atoms with Crippen molar-refractivity contribution >= 4 is 11.3 Å². The number of nitrogens with one attached hydrogen (secondary N) is 1. The van der Waals surface area contributed by atoms with Crippen LogP contribution in [0.5, 0.6) is 0 Å². The highest BCUT2D eigenvalue weighted by atomic mass is 32.1. The Morgan fingerprint density at radius 2 is 2.41 bits per heavy atom. The maximum Gasteiger partial charge on any atom is 0.0223 e. The largest absolute Gasteiger partial charge is 0.314 e. The molecule has 96 valence electrons.